The fourth-order valence-electron chi connectivity index (χ4n) is 12.5. The van der Waals surface area contributed by atoms with Gasteiger partial charge in [0.25, 0.3) is 12.6 Å². The molecule has 1 fully saturated rings. The number of amides is 14. The Bertz CT molecular complexity index is 4430. The van der Waals surface area contributed by atoms with Crippen molar-refractivity contribution in [3.63, 3.8) is 0 Å². The van der Waals surface area contributed by atoms with Crippen LogP contribution in [0.2, 0.25) is 0 Å². The molecule has 20 atom stereocenters. The van der Waals surface area contributed by atoms with E-state index in [1.807, 2.05) is 5.32 Å². The maximum absolute atomic E-state index is 15.3. The third-order valence-electron chi connectivity index (χ3n) is 19.0. The summed E-state index contributed by atoms with van der Waals surface area (Å²) < 4.78 is 8.36. The number of carbonyl (C=O) groups excluding carboxylic acids is 14. The molecule has 7 rings (SSSR count). The van der Waals surface area contributed by atoms with Crippen molar-refractivity contribution in [2.75, 3.05) is 26.4 Å². The first-order valence-corrected chi connectivity index (χ1v) is 39.2. The van der Waals surface area contributed by atoms with Gasteiger partial charge in [0, 0.05) is 54.0 Å². The number of aliphatic hydroxyl groups excluding tert-OH is 10. The molecule has 3 aliphatic rings. The van der Waals surface area contributed by atoms with Gasteiger partial charge in [0.1, 0.15) is 97.6 Å². The SMILES string of the molecule is CC(/C=C/c1ccc(Br)cc1)=C\[C@H](O)[C@@H]1CC(=O)N[C@@H](CO)C(=O)N[C@@H]2Cn3cc([n+](O[C@@H]4O[C@H](CO)[C@H](O)[C@H](O)[C@H]4O)c3)C[C@H](NC(=O)C[C@H](O)C[C@@H](C(=O)O)NC(=O)CCNC(=O)[C@H](Cc3ccc(Br)cc3)NC(=O)[C@H]([C@@H](O)C(N)=O)NC(=O)[C@H](CC(N)=O)NC2=O)C(=O)N[C@@H]([C@H](C)O)C(=O)N[C@@H](CO)C(=O)N[C@@H](Cc2ccccc2)C(=O)N1. The molecule has 1 saturated heterocycles. The lowest BCUT2D eigenvalue weighted by Crippen LogP contribution is -2.65. The molecule has 0 saturated carbocycles. The Labute approximate surface area is 705 Å². The Morgan fingerprint density at radius 2 is 1.13 bits per heavy atom. The van der Waals surface area contributed by atoms with Crippen LogP contribution in [0.25, 0.3) is 6.08 Å². The van der Waals surface area contributed by atoms with Crippen LogP contribution in [0.4, 0.5) is 0 Å². The number of aliphatic hydroxyl groups is 10. The summed E-state index contributed by atoms with van der Waals surface area (Å²) in [6.07, 6.45) is -20.1. The number of aliphatic carboxylic acids is 1. The predicted octanol–water partition coefficient (Wildman–Crippen LogP) is -10.9. The zero-order chi connectivity index (χ0) is 89.2. The fourth-order valence-corrected chi connectivity index (χ4v) is 13.0. The fraction of sp³-hybridized carbons (Fsp3) is 0.467. The summed E-state index contributed by atoms with van der Waals surface area (Å²) >= 11 is 6.64. The number of carboxylic acid groups (broad SMARTS) is 1. The zero-order valence-electron chi connectivity index (χ0n) is 64.8. The van der Waals surface area contributed by atoms with Crippen molar-refractivity contribution < 1.29 is 142 Å². The number of nitrogens with one attached hydrogen (secondary N) is 12. The number of nitrogens with zero attached hydrogens (tertiary/aromatic N) is 2. The minimum absolute atomic E-state index is 0.318. The number of primary amides is 2. The highest BCUT2D eigenvalue weighted by Crippen LogP contribution is 2.22. The molecule has 1 aromatic heterocycles. The smallest absolute Gasteiger partial charge is 0.326 e. The van der Waals surface area contributed by atoms with Gasteiger partial charge in [-0.2, -0.15) is 0 Å². The first kappa shape index (κ1) is 96.8. The summed E-state index contributed by atoms with van der Waals surface area (Å²) in [6, 6.07) is -2.59. The van der Waals surface area contributed by atoms with Crippen LogP contribution in [0.5, 0.6) is 0 Å². The number of halogens is 2. The van der Waals surface area contributed by atoms with Gasteiger partial charge >= 0.3 is 5.97 Å². The van der Waals surface area contributed by atoms with E-state index in [1.165, 1.54) is 49.4 Å². The lowest BCUT2D eigenvalue weighted by atomic mass is 9.99. The summed E-state index contributed by atoms with van der Waals surface area (Å²) in [5.74, 6) is -21.5. The number of aromatic nitrogens is 2. The minimum Gasteiger partial charge on any atom is -0.480 e. The molecule has 44 nitrogen and oxygen atoms in total. The van der Waals surface area contributed by atoms with E-state index in [9.17, 15) is 119 Å². The number of carbonyl (C=O) groups is 15. The number of fused-ring (bicyclic) bond motifs is 2. The van der Waals surface area contributed by atoms with Gasteiger partial charge in [-0.3, -0.25) is 67.1 Å². The Kier molecular flexibility index (Phi) is 36.8. The molecule has 121 heavy (non-hydrogen) atoms. The minimum atomic E-state index is -2.74. The van der Waals surface area contributed by atoms with E-state index >= 15 is 9.59 Å². The molecule has 658 valence electrons. The highest BCUT2D eigenvalue weighted by molar-refractivity contribution is 9.10. The van der Waals surface area contributed by atoms with E-state index in [4.69, 9.17) is 21.0 Å². The van der Waals surface area contributed by atoms with Gasteiger partial charge in [0.2, 0.25) is 82.7 Å². The third kappa shape index (κ3) is 29.3. The van der Waals surface area contributed by atoms with Gasteiger partial charge in [0.05, 0.1) is 57.0 Å². The van der Waals surface area contributed by atoms with E-state index < -0.39 is 300 Å². The average molecular weight is 1830 g/mol. The van der Waals surface area contributed by atoms with Crippen molar-refractivity contribution >= 4 is 127 Å². The topological polar surface area (TPSA) is 702 Å². The second kappa shape index (κ2) is 45.9. The predicted molar refractivity (Wildman–Crippen MR) is 421 cm³/mol. The van der Waals surface area contributed by atoms with Crippen LogP contribution in [0.3, 0.4) is 0 Å². The molecule has 0 radical (unpaired) electrons. The molecule has 46 heteroatoms. The van der Waals surface area contributed by atoms with Crippen LogP contribution in [0.1, 0.15) is 68.3 Å². The summed E-state index contributed by atoms with van der Waals surface area (Å²) in [5, 5.41) is 148. The number of imidazole rings is 1. The van der Waals surface area contributed by atoms with E-state index in [1.54, 1.807) is 54.6 Å². The monoisotopic (exact) mass is 1830 g/mol. The van der Waals surface area contributed by atoms with E-state index in [2.05, 4.69) is 90.3 Å². The molecule has 0 unspecified atom stereocenters. The van der Waals surface area contributed by atoms with Crippen molar-refractivity contribution in [3.8, 4) is 0 Å². The summed E-state index contributed by atoms with van der Waals surface area (Å²) in [4.78, 5) is 220. The normalized spacial score (nSPS) is 27.9. The third-order valence-corrected chi connectivity index (χ3v) is 20.1. The van der Waals surface area contributed by atoms with Gasteiger partial charge in [0.15, 0.2) is 11.8 Å². The van der Waals surface area contributed by atoms with Crippen LogP contribution >= 0.6 is 31.9 Å². The highest BCUT2D eigenvalue weighted by Gasteiger charge is 2.48. The first-order chi connectivity index (χ1) is 57.2. The van der Waals surface area contributed by atoms with E-state index in [0.717, 1.165) is 28.5 Å². The average Bonchev–Trinajstić information content (AvgIpc) is 1.78. The standard InChI is InChI=1S/C75H96Br2N16O28/c1-34(8-9-36-10-14-39(76)15-11-36)20-52(99)43-27-57(103)83-50(30-94)70(114)88-49-29-92-28-41(93(33-92)121-75-63(107)62(106)60(104)53(32-96)120-75)23-46(67(111)90-58(35(2)97)72(116)89-51(31-95)71(115)85-45(66(110)84-43)21-37-6-4-3-5-7-37)81-56(102)25-42(98)24-48(74(118)119)82-55(101)18-19-80-65(109)44(22-38-12-16-40(77)17-13-38)87-73(117)59(61(105)64(79)108)91-68(112)47(26-54(78)100)86-69(49)113/h3-17,20,28,33,35,42-53,58-63,75,94-99,104-107H,18-19,21-27,29-32H2,1-2H3,(H16-,78,79,80,81,82,83,84,85,86,87,88,89,90,91,100,101,102,103,108,109,110,111,112,113,114,115,116,117,118,119)/p+1/b9-8+,34-20+/t35-,42+,43-,44-,45-,46-,47-,48-,49+,50-,51-,52-,53+,58-,59-,60-,61+,62-,63+,75-/m0/s1. The van der Waals surface area contributed by atoms with Gasteiger partial charge in [-0.25, -0.2) is 9.36 Å². The first-order valence-electron chi connectivity index (χ1n) is 37.6. The molecule has 3 aromatic carbocycles. The summed E-state index contributed by atoms with van der Waals surface area (Å²) in [5.41, 5.74) is 12.3. The van der Waals surface area contributed by atoms with Crippen molar-refractivity contribution in [1.29, 1.82) is 0 Å². The number of ether oxygens (including phenoxy) is 1. The van der Waals surface area contributed by atoms with Crippen LogP contribution in [0, 0.1) is 0 Å². The van der Waals surface area contributed by atoms with Crippen LogP contribution in [0.15, 0.2) is 118 Å². The van der Waals surface area contributed by atoms with Crippen molar-refractivity contribution in [2.24, 2.45) is 11.5 Å². The molecule has 0 aliphatic carbocycles. The lowest BCUT2D eigenvalue weighted by Gasteiger charge is -2.38. The van der Waals surface area contributed by atoms with Crippen molar-refractivity contribution in [3.05, 3.63) is 140 Å². The van der Waals surface area contributed by atoms with E-state index in [-0.39, 0.29) is 0 Å². The molecule has 0 spiro atoms. The number of allylic oxidation sites excluding steroid dienone is 2. The second-order valence-corrected chi connectivity index (χ2v) is 30.5. The maximum Gasteiger partial charge on any atom is 0.326 e. The Morgan fingerprint density at radius 1 is 0.587 bits per heavy atom. The summed E-state index contributed by atoms with van der Waals surface area (Å²) in [6.45, 7) is -2.96. The lowest BCUT2D eigenvalue weighted by molar-refractivity contribution is -0.913. The Morgan fingerprint density at radius 3 is 1.74 bits per heavy atom. The van der Waals surface area contributed by atoms with Crippen LogP contribution in [-0.2, 0) is 102 Å². The highest BCUT2D eigenvalue weighted by atomic mass is 79.9. The second-order valence-electron chi connectivity index (χ2n) is 28.6. The largest absolute Gasteiger partial charge is 0.480 e. The number of hydrogen-bond donors (Lipinski definition) is 25. The molecule has 27 N–H and O–H groups in total. The molecular formula is C75H97Br2N16O28+. The Balaban J connectivity index is 1.44. The number of benzene rings is 3. The number of nitrogens with two attached hydrogens (primary N) is 2. The Hall–Kier alpha value is -11.3. The van der Waals surface area contributed by atoms with Gasteiger partial charge < -0.3 is 141 Å². The maximum atomic E-state index is 15.3. The van der Waals surface area contributed by atoms with Crippen molar-refractivity contribution in [1.82, 2.24) is 68.4 Å². The summed E-state index contributed by atoms with van der Waals surface area (Å²) in [7, 11) is 0. The van der Waals surface area contributed by atoms with Crippen LogP contribution < -0.4 is 84.8 Å². The number of hydrogen-bond acceptors (Lipinski definition) is 27. The van der Waals surface area contributed by atoms with Crippen molar-refractivity contribution in [2.45, 2.75) is 193 Å². The molecule has 3 aliphatic heterocycles. The number of rotatable bonds is 19. The van der Waals surface area contributed by atoms with Gasteiger partial charge in [-0.1, -0.05) is 110 Å². The molecule has 4 bridgehead atoms. The molecule has 4 heterocycles. The number of carboxylic acids is 1. The van der Waals surface area contributed by atoms with E-state index in [0.29, 0.717) is 31.5 Å². The van der Waals surface area contributed by atoms with Gasteiger partial charge in [-0.15, -0.1) is 0 Å². The van der Waals surface area contributed by atoms with Crippen LogP contribution in [-0.4, -0.2) is 297 Å². The molecule has 14 amide bonds. The molecular weight excluding hydrogens is 1730 g/mol. The van der Waals surface area contributed by atoms with Gasteiger partial charge in [-0.05, 0) is 59.5 Å². The molecule has 4 aromatic rings. The zero-order valence-corrected chi connectivity index (χ0v) is 68.0. The quantitative estimate of drug-likeness (QED) is 0.0306.